The number of unbranched alkanes of at least 4 members (excludes halogenated alkanes) is 1. The molecule has 0 nitrogen and oxygen atoms in total. The van der Waals surface area contributed by atoms with E-state index in [1.54, 1.807) is 0 Å². The lowest BCUT2D eigenvalue weighted by Crippen LogP contribution is -1.87. The Bertz CT molecular complexity index is 218. The van der Waals surface area contributed by atoms with Crippen LogP contribution in [0.1, 0.15) is 39.0 Å². The van der Waals surface area contributed by atoms with Crippen molar-refractivity contribution in [2.75, 3.05) is 0 Å². The van der Waals surface area contributed by atoms with E-state index in [4.69, 9.17) is 0 Å². The molecule has 0 bridgehead atoms. The molecule has 0 aliphatic rings. The number of rotatable bonds is 8. The van der Waals surface area contributed by atoms with Crippen LogP contribution in [0.4, 0.5) is 0 Å². The zero-order valence-corrected chi connectivity index (χ0v) is 9.39. The fourth-order valence-corrected chi connectivity index (χ4v) is 1.49. The van der Waals surface area contributed by atoms with Crippen LogP contribution in [-0.2, 0) is 0 Å². The summed E-state index contributed by atoms with van der Waals surface area (Å²) >= 11 is 0. The first-order valence-electron chi connectivity index (χ1n) is 5.37. The van der Waals surface area contributed by atoms with Crippen molar-refractivity contribution >= 4 is 0 Å². The van der Waals surface area contributed by atoms with Gasteiger partial charge in [0.05, 0.1) is 0 Å². The quantitative estimate of drug-likeness (QED) is 0.293. The van der Waals surface area contributed by atoms with E-state index in [1.807, 2.05) is 18.2 Å². The minimum atomic E-state index is 1.08. The maximum Gasteiger partial charge on any atom is -0.0273 e. The molecule has 0 heterocycles. The van der Waals surface area contributed by atoms with Gasteiger partial charge in [-0.05, 0) is 36.8 Å². The minimum Gasteiger partial charge on any atom is -0.103 e. The van der Waals surface area contributed by atoms with Crippen LogP contribution in [0.2, 0.25) is 0 Å². The summed E-state index contributed by atoms with van der Waals surface area (Å²) < 4.78 is 0. The highest BCUT2D eigenvalue weighted by Crippen LogP contribution is 2.18. The van der Waals surface area contributed by atoms with Gasteiger partial charge >= 0.3 is 0 Å². The maximum atomic E-state index is 3.86. The predicted octanol–water partition coefficient (Wildman–Crippen LogP) is 4.81. The van der Waals surface area contributed by atoms with E-state index >= 15 is 0 Å². The molecule has 14 heavy (non-hydrogen) atoms. The highest BCUT2D eigenvalue weighted by atomic mass is 14.0. The summed E-state index contributed by atoms with van der Waals surface area (Å²) in [6, 6.07) is 0. The second kappa shape index (κ2) is 8.55. The van der Waals surface area contributed by atoms with Crippen molar-refractivity contribution in [3.05, 3.63) is 49.1 Å². The summed E-state index contributed by atoms with van der Waals surface area (Å²) in [5.41, 5.74) is 2.70. The van der Waals surface area contributed by atoms with E-state index in [0.29, 0.717) is 0 Å². The lowest BCUT2D eigenvalue weighted by Gasteiger charge is -2.07. The first kappa shape index (κ1) is 13.0. The summed E-state index contributed by atoms with van der Waals surface area (Å²) in [4.78, 5) is 0. The predicted molar refractivity (Wildman–Crippen MR) is 66.4 cm³/mol. The molecule has 0 amide bonds. The molecule has 0 aromatic rings. The van der Waals surface area contributed by atoms with Crippen molar-refractivity contribution in [1.82, 2.24) is 0 Å². The fraction of sp³-hybridized carbons (Fsp3) is 0.429. The zero-order chi connectivity index (χ0) is 10.8. The van der Waals surface area contributed by atoms with Gasteiger partial charge in [-0.15, -0.1) is 6.58 Å². The summed E-state index contributed by atoms with van der Waals surface area (Å²) in [5.74, 6) is 0. The van der Waals surface area contributed by atoms with Crippen molar-refractivity contribution in [3.63, 3.8) is 0 Å². The van der Waals surface area contributed by atoms with Gasteiger partial charge in [-0.3, -0.25) is 0 Å². The smallest absolute Gasteiger partial charge is 0.0273 e. The molecule has 0 saturated heterocycles. The van der Waals surface area contributed by atoms with Gasteiger partial charge in [0.1, 0.15) is 0 Å². The average molecular weight is 190 g/mol. The van der Waals surface area contributed by atoms with Crippen molar-refractivity contribution in [2.24, 2.45) is 0 Å². The maximum absolute atomic E-state index is 3.86. The molecular formula is C14H22. The molecule has 0 unspecified atom stereocenters. The number of hydrogen-bond donors (Lipinski definition) is 0. The third-order valence-corrected chi connectivity index (χ3v) is 2.28. The van der Waals surface area contributed by atoms with E-state index in [-0.39, 0.29) is 0 Å². The van der Waals surface area contributed by atoms with Gasteiger partial charge in [-0.1, -0.05) is 44.7 Å². The van der Waals surface area contributed by atoms with Crippen molar-refractivity contribution < 1.29 is 0 Å². The topological polar surface area (TPSA) is 0 Å². The normalized spacial score (nSPS) is 11.8. The second-order valence-corrected chi connectivity index (χ2v) is 3.39. The summed E-state index contributed by atoms with van der Waals surface area (Å²) in [6.07, 6.45) is 11.5. The van der Waals surface area contributed by atoms with Crippen molar-refractivity contribution in [2.45, 2.75) is 39.0 Å². The average Bonchev–Trinajstić information content (AvgIpc) is 2.22. The molecule has 0 fully saturated rings. The Morgan fingerprint density at radius 3 is 2.00 bits per heavy atom. The third kappa shape index (κ3) is 4.86. The summed E-state index contributed by atoms with van der Waals surface area (Å²) in [6.45, 7) is 13.6. The lowest BCUT2D eigenvalue weighted by atomic mass is 9.99. The highest BCUT2D eigenvalue weighted by molar-refractivity contribution is 5.31. The molecule has 0 saturated carbocycles. The molecule has 0 aromatic heterocycles. The fourth-order valence-electron chi connectivity index (χ4n) is 1.49. The summed E-state index contributed by atoms with van der Waals surface area (Å²) in [5, 5.41) is 0. The van der Waals surface area contributed by atoms with Crippen molar-refractivity contribution in [3.8, 4) is 0 Å². The van der Waals surface area contributed by atoms with Gasteiger partial charge < -0.3 is 0 Å². The van der Waals surface area contributed by atoms with Crippen LogP contribution in [-0.4, -0.2) is 0 Å². The SMILES string of the molecule is C=CCCC/C(C=C)=C(/C=C)CCC. The molecule has 0 atom stereocenters. The van der Waals surface area contributed by atoms with Gasteiger partial charge in [0.2, 0.25) is 0 Å². The van der Waals surface area contributed by atoms with Gasteiger partial charge in [-0.2, -0.15) is 0 Å². The van der Waals surface area contributed by atoms with Crippen LogP contribution >= 0.6 is 0 Å². The van der Waals surface area contributed by atoms with E-state index in [0.717, 1.165) is 25.7 Å². The first-order chi connectivity index (χ1) is 6.79. The van der Waals surface area contributed by atoms with Crippen LogP contribution in [0, 0.1) is 0 Å². The van der Waals surface area contributed by atoms with Crippen LogP contribution in [0.15, 0.2) is 49.1 Å². The molecule has 0 aliphatic carbocycles. The zero-order valence-electron chi connectivity index (χ0n) is 9.39. The minimum absolute atomic E-state index is 1.08. The van der Waals surface area contributed by atoms with Gasteiger partial charge in [0.25, 0.3) is 0 Å². The molecule has 0 heteroatoms. The van der Waals surface area contributed by atoms with E-state index in [2.05, 4.69) is 26.7 Å². The van der Waals surface area contributed by atoms with Gasteiger partial charge in [0.15, 0.2) is 0 Å². The largest absolute Gasteiger partial charge is 0.103 e. The Morgan fingerprint density at radius 1 is 1.00 bits per heavy atom. The Labute approximate surface area is 88.7 Å². The number of allylic oxidation sites excluding steroid dienone is 5. The van der Waals surface area contributed by atoms with E-state index < -0.39 is 0 Å². The Morgan fingerprint density at radius 2 is 1.57 bits per heavy atom. The highest BCUT2D eigenvalue weighted by Gasteiger charge is 1.99. The van der Waals surface area contributed by atoms with Crippen LogP contribution in [0.5, 0.6) is 0 Å². The molecular weight excluding hydrogens is 168 g/mol. The second-order valence-electron chi connectivity index (χ2n) is 3.39. The standard InChI is InChI=1S/C14H22/c1-5-9-10-12-14(8-4)13(7-3)11-6-2/h5,7-8H,1,3-4,6,9-12H2,2H3/b14-13-. The van der Waals surface area contributed by atoms with Crippen molar-refractivity contribution in [1.29, 1.82) is 0 Å². The van der Waals surface area contributed by atoms with Crippen LogP contribution in [0.25, 0.3) is 0 Å². The Kier molecular flexibility index (Phi) is 7.92. The summed E-state index contributed by atoms with van der Waals surface area (Å²) in [7, 11) is 0. The van der Waals surface area contributed by atoms with Gasteiger partial charge in [0, 0.05) is 0 Å². The molecule has 0 radical (unpaired) electrons. The first-order valence-corrected chi connectivity index (χ1v) is 5.37. The van der Waals surface area contributed by atoms with Crippen LogP contribution in [0.3, 0.4) is 0 Å². The van der Waals surface area contributed by atoms with E-state index in [1.165, 1.54) is 17.6 Å². The Balaban J connectivity index is 4.36. The third-order valence-electron chi connectivity index (χ3n) is 2.28. The monoisotopic (exact) mass is 190 g/mol. The van der Waals surface area contributed by atoms with Crippen LogP contribution < -0.4 is 0 Å². The molecule has 0 N–H and O–H groups in total. The van der Waals surface area contributed by atoms with Gasteiger partial charge in [-0.25, -0.2) is 0 Å². The molecule has 0 rings (SSSR count). The Hall–Kier alpha value is -1.04. The molecule has 78 valence electrons. The lowest BCUT2D eigenvalue weighted by molar-refractivity contribution is 0.825. The molecule has 0 aliphatic heterocycles. The number of hydrogen-bond acceptors (Lipinski definition) is 0. The molecule has 0 spiro atoms. The van der Waals surface area contributed by atoms with E-state index in [9.17, 15) is 0 Å². The molecule has 0 aromatic carbocycles.